The minimum absolute atomic E-state index is 0.245. The number of esters is 1. The Bertz CT molecular complexity index is 601. The van der Waals surface area contributed by atoms with Crippen LogP contribution in [-0.4, -0.2) is 30.7 Å². The molecule has 1 fully saturated rings. The molecule has 0 saturated carbocycles. The van der Waals surface area contributed by atoms with Crippen LogP contribution in [0.4, 0.5) is 0 Å². The van der Waals surface area contributed by atoms with Gasteiger partial charge in [0.25, 0.3) is 0 Å². The molecule has 2 aromatic carbocycles. The van der Waals surface area contributed by atoms with Crippen molar-refractivity contribution in [2.75, 3.05) is 19.8 Å². The SMILES string of the molecule is O=C(OCN1CCCCC1)c1ccc(-c2ccccc2)cc1. The first-order valence-corrected chi connectivity index (χ1v) is 7.88. The van der Waals surface area contributed by atoms with Crippen LogP contribution in [0.25, 0.3) is 11.1 Å². The third-order valence-corrected chi connectivity index (χ3v) is 4.05. The van der Waals surface area contributed by atoms with Crippen molar-refractivity contribution in [1.29, 1.82) is 0 Å². The average Bonchev–Trinajstić information content (AvgIpc) is 2.61. The van der Waals surface area contributed by atoms with Crippen molar-refractivity contribution in [2.24, 2.45) is 0 Å². The van der Waals surface area contributed by atoms with Crippen molar-refractivity contribution in [3.05, 3.63) is 60.2 Å². The molecule has 0 spiro atoms. The van der Waals surface area contributed by atoms with E-state index in [0.717, 1.165) is 24.2 Å². The van der Waals surface area contributed by atoms with Gasteiger partial charge < -0.3 is 4.74 Å². The average molecular weight is 295 g/mol. The maximum atomic E-state index is 12.1. The number of likely N-dealkylation sites (tertiary alicyclic amines) is 1. The van der Waals surface area contributed by atoms with E-state index in [4.69, 9.17) is 4.74 Å². The second kappa shape index (κ2) is 7.23. The lowest BCUT2D eigenvalue weighted by molar-refractivity contribution is 0.0171. The predicted octanol–water partition coefficient (Wildman–Crippen LogP) is 3.95. The van der Waals surface area contributed by atoms with Crippen molar-refractivity contribution in [3.8, 4) is 11.1 Å². The van der Waals surface area contributed by atoms with Crippen molar-refractivity contribution < 1.29 is 9.53 Å². The van der Waals surface area contributed by atoms with E-state index in [2.05, 4.69) is 17.0 Å². The summed E-state index contributed by atoms with van der Waals surface area (Å²) in [5.74, 6) is -0.245. The zero-order valence-electron chi connectivity index (χ0n) is 12.7. The topological polar surface area (TPSA) is 29.5 Å². The van der Waals surface area contributed by atoms with Crippen LogP contribution >= 0.6 is 0 Å². The number of carbonyl (C=O) groups is 1. The summed E-state index contributed by atoms with van der Waals surface area (Å²) in [6.45, 7) is 2.46. The zero-order valence-corrected chi connectivity index (χ0v) is 12.7. The highest BCUT2D eigenvalue weighted by Gasteiger charge is 2.13. The lowest BCUT2D eigenvalue weighted by Gasteiger charge is -2.25. The molecule has 0 unspecified atom stereocenters. The van der Waals surface area contributed by atoms with Crippen molar-refractivity contribution in [2.45, 2.75) is 19.3 Å². The first-order valence-electron chi connectivity index (χ1n) is 7.88. The molecule has 3 heteroatoms. The van der Waals surface area contributed by atoms with Gasteiger partial charge in [-0.2, -0.15) is 0 Å². The van der Waals surface area contributed by atoms with Crippen molar-refractivity contribution in [3.63, 3.8) is 0 Å². The minimum atomic E-state index is -0.245. The third-order valence-electron chi connectivity index (χ3n) is 4.05. The van der Waals surface area contributed by atoms with Crippen LogP contribution in [0.3, 0.4) is 0 Å². The lowest BCUT2D eigenvalue weighted by Crippen LogP contribution is -2.32. The van der Waals surface area contributed by atoms with Gasteiger partial charge in [-0.25, -0.2) is 4.79 Å². The molecular weight excluding hydrogens is 274 g/mol. The highest BCUT2D eigenvalue weighted by Crippen LogP contribution is 2.19. The van der Waals surface area contributed by atoms with E-state index in [9.17, 15) is 4.79 Å². The molecule has 22 heavy (non-hydrogen) atoms. The Morgan fingerprint density at radius 2 is 1.50 bits per heavy atom. The van der Waals surface area contributed by atoms with Crippen molar-refractivity contribution >= 4 is 5.97 Å². The summed E-state index contributed by atoms with van der Waals surface area (Å²) in [5, 5.41) is 0. The van der Waals surface area contributed by atoms with Crippen LogP contribution in [0.1, 0.15) is 29.6 Å². The molecule has 0 aromatic heterocycles. The van der Waals surface area contributed by atoms with Gasteiger partial charge in [0.05, 0.1) is 5.56 Å². The van der Waals surface area contributed by atoms with Gasteiger partial charge in [-0.05, 0) is 36.1 Å². The van der Waals surface area contributed by atoms with E-state index in [1.54, 1.807) is 0 Å². The molecule has 0 bridgehead atoms. The molecule has 0 aliphatic carbocycles. The van der Waals surface area contributed by atoms with Crippen LogP contribution < -0.4 is 0 Å². The smallest absolute Gasteiger partial charge is 0.339 e. The van der Waals surface area contributed by atoms with E-state index < -0.39 is 0 Å². The van der Waals surface area contributed by atoms with E-state index in [0.29, 0.717) is 12.3 Å². The first-order chi connectivity index (χ1) is 10.8. The van der Waals surface area contributed by atoms with Crippen LogP contribution in [0.15, 0.2) is 54.6 Å². The second-order valence-electron chi connectivity index (χ2n) is 5.68. The maximum absolute atomic E-state index is 12.1. The number of ether oxygens (including phenoxy) is 1. The second-order valence-corrected chi connectivity index (χ2v) is 5.68. The number of nitrogens with zero attached hydrogens (tertiary/aromatic N) is 1. The molecule has 114 valence electrons. The summed E-state index contributed by atoms with van der Waals surface area (Å²) in [5.41, 5.74) is 2.86. The first kappa shape index (κ1) is 14.8. The summed E-state index contributed by atoms with van der Waals surface area (Å²) < 4.78 is 5.40. The van der Waals surface area contributed by atoms with Gasteiger partial charge >= 0.3 is 5.97 Å². The number of hydrogen-bond acceptors (Lipinski definition) is 3. The molecule has 2 aromatic rings. The minimum Gasteiger partial charge on any atom is -0.446 e. The van der Waals surface area contributed by atoms with Crippen LogP contribution in [-0.2, 0) is 4.74 Å². The Morgan fingerprint density at radius 1 is 0.864 bits per heavy atom. The van der Waals surface area contributed by atoms with Crippen LogP contribution in [0.2, 0.25) is 0 Å². The molecule has 1 saturated heterocycles. The lowest BCUT2D eigenvalue weighted by atomic mass is 10.0. The van der Waals surface area contributed by atoms with Gasteiger partial charge in [0.15, 0.2) is 0 Å². The number of carbonyl (C=O) groups excluding carboxylic acids is 1. The fraction of sp³-hybridized carbons (Fsp3) is 0.316. The zero-order chi connectivity index (χ0) is 15.2. The predicted molar refractivity (Wildman–Crippen MR) is 87.6 cm³/mol. The Hall–Kier alpha value is -2.13. The molecule has 0 radical (unpaired) electrons. The van der Waals surface area contributed by atoms with Gasteiger partial charge in [0.2, 0.25) is 0 Å². The van der Waals surface area contributed by atoms with Crippen LogP contribution in [0.5, 0.6) is 0 Å². The third kappa shape index (κ3) is 3.74. The number of piperidine rings is 1. The molecule has 0 atom stereocenters. The number of rotatable bonds is 4. The number of hydrogen-bond donors (Lipinski definition) is 0. The molecule has 3 rings (SSSR count). The van der Waals surface area contributed by atoms with Gasteiger partial charge in [-0.15, -0.1) is 0 Å². The van der Waals surface area contributed by atoms with Gasteiger partial charge in [0.1, 0.15) is 6.73 Å². The van der Waals surface area contributed by atoms with Crippen LogP contribution in [0, 0.1) is 0 Å². The van der Waals surface area contributed by atoms with Gasteiger partial charge in [0, 0.05) is 13.1 Å². The van der Waals surface area contributed by atoms with E-state index in [-0.39, 0.29) is 5.97 Å². The Kier molecular flexibility index (Phi) is 4.86. The van der Waals surface area contributed by atoms with E-state index >= 15 is 0 Å². The fourth-order valence-electron chi connectivity index (χ4n) is 2.75. The summed E-state index contributed by atoms with van der Waals surface area (Å²) in [6.07, 6.45) is 3.68. The van der Waals surface area contributed by atoms with E-state index in [1.807, 2.05) is 42.5 Å². The number of benzene rings is 2. The molecule has 3 nitrogen and oxygen atoms in total. The highest BCUT2D eigenvalue weighted by molar-refractivity contribution is 5.90. The Balaban J connectivity index is 1.59. The summed E-state index contributed by atoms with van der Waals surface area (Å²) >= 11 is 0. The molecule has 1 aliphatic heterocycles. The monoisotopic (exact) mass is 295 g/mol. The summed E-state index contributed by atoms with van der Waals surface area (Å²) in [7, 11) is 0. The molecule has 0 amide bonds. The molecule has 1 heterocycles. The highest BCUT2D eigenvalue weighted by atomic mass is 16.5. The standard InChI is InChI=1S/C19H21NO2/c21-19(22-15-20-13-5-2-6-14-20)18-11-9-17(10-12-18)16-7-3-1-4-8-16/h1,3-4,7-12H,2,5-6,13-15H2. The Labute approximate surface area is 131 Å². The van der Waals surface area contributed by atoms with E-state index in [1.165, 1.54) is 19.3 Å². The summed E-state index contributed by atoms with van der Waals surface area (Å²) in [4.78, 5) is 14.3. The molecular formula is C19H21NO2. The molecule has 1 aliphatic rings. The summed E-state index contributed by atoms with van der Waals surface area (Å²) in [6, 6.07) is 17.7. The largest absolute Gasteiger partial charge is 0.446 e. The maximum Gasteiger partial charge on any atom is 0.339 e. The van der Waals surface area contributed by atoms with Gasteiger partial charge in [-0.3, -0.25) is 4.90 Å². The van der Waals surface area contributed by atoms with Gasteiger partial charge in [-0.1, -0.05) is 48.9 Å². The van der Waals surface area contributed by atoms with Crippen molar-refractivity contribution in [1.82, 2.24) is 4.90 Å². The normalized spacial score (nSPS) is 15.5. The fourth-order valence-corrected chi connectivity index (χ4v) is 2.75. The molecule has 0 N–H and O–H groups in total. The quantitative estimate of drug-likeness (QED) is 0.800. The Morgan fingerprint density at radius 3 is 2.18 bits per heavy atom.